The summed E-state index contributed by atoms with van der Waals surface area (Å²) in [6.07, 6.45) is 5.05. The van der Waals surface area contributed by atoms with Gasteiger partial charge in [-0.2, -0.15) is 0 Å². The van der Waals surface area contributed by atoms with Gasteiger partial charge in [0.05, 0.1) is 23.3 Å². The molecule has 1 aliphatic heterocycles. The van der Waals surface area contributed by atoms with E-state index in [1.165, 1.54) is 0 Å². The molecule has 1 aliphatic rings. The van der Waals surface area contributed by atoms with Gasteiger partial charge in [-0.1, -0.05) is 6.08 Å². The molecular weight excluding hydrogens is 262 g/mol. The first-order chi connectivity index (χ1) is 8.82. The lowest BCUT2D eigenvalue weighted by molar-refractivity contribution is -0.113. The van der Waals surface area contributed by atoms with Gasteiger partial charge in [0.15, 0.2) is 5.78 Å². The normalized spacial score (nSPS) is 22.3. The molecule has 5 heteroatoms. The van der Waals surface area contributed by atoms with E-state index in [9.17, 15) is 9.00 Å². The molecule has 0 aromatic carbocycles. The molecule has 0 N–H and O–H groups in total. The maximum atomic E-state index is 12.6. The summed E-state index contributed by atoms with van der Waals surface area (Å²) in [4.78, 5) is 11.7. The number of ketones is 1. The van der Waals surface area contributed by atoms with Gasteiger partial charge in [-0.15, -0.1) is 0 Å². The van der Waals surface area contributed by atoms with E-state index in [1.54, 1.807) is 19.5 Å². The number of rotatable bonds is 3. The van der Waals surface area contributed by atoms with Crippen LogP contribution in [0.1, 0.15) is 39.3 Å². The van der Waals surface area contributed by atoms with Gasteiger partial charge in [0.1, 0.15) is 11.0 Å². The van der Waals surface area contributed by atoms with Gasteiger partial charge in [-0.3, -0.25) is 4.79 Å². The maximum Gasteiger partial charge on any atom is 0.157 e. The first kappa shape index (κ1) is 14.2. The molecule has 0 radical (unpaired) electrons. The number of nitrogens with zero attached hydrogens (tertiary/aromatic N) is 1. The number of carbonyl (C=O) groups is 1. The van der Waals surface area contributed by atoms with Crippen LogP contribution in [0.25, 0.3) is 0 Å². The molecule has 0 fully saturated rings. The second-order valence-corrected chi connectivity index (χ2v) is 7.83. The third-order valence-corrected chi connectivity index (χ3v) is 4.91. The summed E-state index contributed by atoms with van der Waals surface area (Å²) in [5.41, 5.74) is 1.57. The Kier molecular flexibility index (Phi) is 3.78. The molecule has 2 rings (SSSR count). The van der Waals surface area contributed by atoms with Crippen LogP contribution in [0.15, 0.2) is 34.7 Å². The van der Waals surface area contributed by atoms with Crippen molar-refractivity contribution in [3.63, 3.8) is 0 Å². The minimum atomic E-state index is -1.18. The lowest BCUT2D eigenvalue weighted by Crippen LogP contribution is -2.38. The van der Waals surface area contributed by atoms with E-state index < -0.39 is 11.0 Å². The van der Waals surface area contributed by atoms with Gasteiger partial charge in [0.2, 0.25) is 0 Å². The smallest absolute Gasteiger partial charge is 0.157 e. The molecule has 2 heterocycles. The Labute approximate surface area is 116 Å². The molecule has 0 unspecified atom stereocenters. The van der Waals surface area contributed by atoms with E-state index in [4.69, 9.17) is 4.42 Å². The molecule has 0 saturated carbocycles. The number of furan rings is 1. The summed E-state index contributed by atoms with van der Waals surface area (Å²) in [5, 5.41) is 0. The number of Topliss-reactive ketones (excluding diaryl/α,β-unsaturated/α-hetero) is 1. The van der Waals surface area contributed by atoms with Gasteiger partial charge in [0.25, 0.3) is 0 Å². The molecule has 104 valence electrons. The molecule has 1 aromatic rings. The van der Waals surface area contributed by atoms with Crippen molar-refractivity contribution in [2.45, 2.75) is 38.5 Å². The predicted molar refractivity (Wildman–Crippen MR) is 74.8 cm³/mol. The van der Waals surface area contributed by atoms with Crippen molar-refractivity contribution in [1.82, 2.24) is 4.31 Å². The topological polar surface area (TPSA) is 50.5 Å². The summed E-state index contributed by atoms with van der Waals surface area (Å²) >= 11 is 0. The van der Waals surface area contributed by atoms with Crippen LogP contribution in [-0.2, 0) is 15.8 Å². The monoisotopic (exact) mass is 281 g/mol. The Morgan fingerprint density at radius 3 is 2.63 bits per heavy atom. The van der Waals surface area contributed by atoms with Crippen molar-refractivity contribution < 1.29 is 13.4 Å². The van der Waals surface area contributed by atoms with Crippen molar-refractivity contribution in [1.29, 1.82) is 0 Å². The highest BCUT2D eigenvalue weighted by atomic mass is 32.2. The zero-order chi connectivity index (χ0) is 14.2. The molecule has 1 aromatic heterocycles. The number of hydrogen-bond donors (Lipinski definition) is 0. The van der Waals surface area contributed by atoms with Crippen LogP contribution >= 0.6 is 0 Å². The van der Waals surface area contributed by atoms with Crippen LogP contribution in [0.2, 0.25) is 0 Å². The molecule has 0 amide bonds. The van der Waals surface area contributed by atoms with Crippen LogP contribution in [0.4, 0.5) is 0 Å². The lowest BCUT2D eigenvalue weighted by Gasteiger charge is -2.30. The van der Waals surface area contributed by atoms with Gasteiger partial charge in [-0.05, 0) is 33.8 Å². The Hall–Kier alpha value is -1.20. The summed E-state index contributed by atoms with van der Waals surface area (Å²) in [6, 6.07) is 1.55. The molecule has 0 spiro atoms. The second-order valence-electron chi connectivity index (χ2n) is 5.64. The highest BCUT2D eigenvalue weighted by molar-refractivity contribution is 7.84. The summed E-state index contributed by atoms with van der Waals surface area (Å²) in [5.74, 6) is 0.0135. The highest BCUT2D eigenvalue weighted by Crippen LogP contribution is 2.37. The molecule has 0 aliphatic carbocycles. The van der Waals surface area contributed by atoms with E-state index in [0.717, 1.165) is 5.56 Å². The zero-order valence-corrected chi connectivity index (χ0v) is 12.5. The highest BCUT2D eigenvalue weighted by Gasteiger charge is 2.38. The van der Waals surface area contributed by atoms with Crippen molar-refractivity contribution in [2.75, 3.05) is 6.54 Å². The van der Waals surface area contributed by atoms with E-state index in [1.807, 2.05) is 37.2 Å². The fourth-order valence-corrected chi connectivity index (χ4v) is 3.53. The van der Waals surface area contributed by atoms with E-state index in [-0.39, 0.29) is 16.6 Å². The quantitative estimate of drug-likeness (QED) is 0.855. The van der Waals surface area contributed by atoms with Crippen LogP contribution < -0.4 is 0 Å². The third-order valence-electron chi connectivity index (χ3n) is 3.08. The molecule has 2 atom stereocenters. The van der Waals surface area contributed by atoms with Gasteiger partial charge in [-0.25, -0.2) is 8.51 Å². The second kappa shape index (κ2) is 5.06. The average molecular weight is 281 g/mol. The first-order valence-corrected chi connectivity index (χ1v) is 7.35. The fourth-order valence-electron chi connectivity index (χ4n) is 2.19. The molecule has 0 saturated heterocycles. The minimum absolute atomic E-state index is 0.0135. The Balaban J connectivity index is 2.37. The summed E-state index contributed by atoms with van der Waals surface area (Å²) < 4.78 is 19.2. The number of hydrogen-bond acceptors (Lipinski definition) is 3. The summed E-state index contributed by atoms with van der Waals surface area (Å²) in [6.45, 7) is 7.86. The van der Waals surface area contributed by atoms with Crippen LogP contribution in [0.5, 0.6) is 0 Å². The molecule has 4 nitrogen and oxygen atoms in total. The molecular formula is C14H19NO3S. The predicted octanol–water partition coefficient (Wildman–Crippen LogP) is 2.61. The fraction of sp³-hybridized carbons (Fsp3) is 0.500. The zero-order valence-electron chi connectivity index (χ0n) is 11.7. The Bertz CT molecular complexity index is 525. The van der Waals surface area contributed by atoms with Crippen molar-refractivity contribution in [3.8, 4) is 0 Å². The van der Waals surface area contributed by atoms with Crippen molar-refractivity contribution in [2.24, 2.45) is 0 Å². The van der Waals surface area contributed by atoms with Crippen LogP contribution in [0, 0.1) is 0 Å². The molecule has 19 heavy (non-hydrogen) atoms. The van der Waals surface area contributed by atoms with Crippen LogP contribution in [0.3, 0.4) is 0 Å². The average Bonchev–Trinajstić information content (AvgIpc) is 2.94. The largest absolute Gasteiger partial charge is 0.472 e. The minimum Gasteiger partial charge on any atom is -0.472 e. The van der Waals surface area contributed by atoms with Crippen molar-refractivity contribution >= 4 is 16.8 Å². The van der Waals surface area contributed by atoms with E-state index in [2.05, 4.69) is 0 Å². The van der Waals surface area contributed by atoms with E-state index >= 15 is 0 Å². The van der Waals surface area contributed by atoms with Gasteiger partial charge in [0, 0.05) is 17.7 Å². The lowest BCUT2D eigenvalue weighted by atomic mass is 10.0. The van der Waals surface area contributed by atoms with Crippen molar-refractivity contribution in [3.05, 3.63) is 35.8 Å². The SMILES string of the molecule is CC(=O)C1=CCN([S@@](=O)C(C)(C)C)[C@H]1c1ccoc1. The van der Waals surface area contributed by atoms with E-state index in [0.29, 0.717) is 12.1 Å². The Morgan fingerprint density at radius 1 is 1.47 bits per heavy atom. The maximum absolute atomic E-state index is 12.6. The standard InChI is InChI=1S/C14H19NO3S/c1-10(16)12-5-7-15(19(17)14(2,3)4)13(12)11-6-8-18-9-11/h5-6,8-9,13H,7H2,1-4H3/t13-,19-/m0/s1. The first-order valence-electron chi connectivity index (χ1n) is 6.24. The third kappa shape index (κ3) is 2.72. The van der Waals surface area contributed by atoms with Crippen LogP contribution in [-0.4, -0.2) is 25.6 Å². The van der Waals surface area contributed by atoms with Gasteiger partial charge >= 0.3 is 0 Å². The van der Waals surface area contributed by atoms with Gasteiger partial charge < -0.3 is 4.42 Å². The summed E-state index contributed by atoms with van der Waals surface area (Å²) in [7, 11) is -1.18. The Morgan fingerprint density at radius 2 is 2.16 bits per heavy atom. The molecule has 0 bridgehead atoms. The number of carbonyl (C=O) groups excluding carboxylic acids is 1.